The molecule has 3 aromatic heterocycles. The predicted molar refractivity (Wildman–Crippen MR) is 154 cm³/mol. The van der Waals surface area contributed by atoms with Crippen molar-refractivity contribution in [2.45, 2.75) is 45.6 Å². The van der Waals surface area contributed by atoms with Crippen molar-refractivity contribution in [3.8, 4) is 11.3 Å². The molecular weight excluding hydrogens is 547 g/mol. The number of rotatable bonds is 6. The molecule has 0 spiro atoms. The van der Waals surface area contributed by atoms with Gasteiger partial charge in [-0.3, -0.25) is 9.35 Å². The number of imidazole rings is 1. The van der Waals surface area contributed by atoms with Gasteiger partial charge in [0.1, 0.15) is 17.3 Å². The third kappa shape index (κ3) is 6.79. The second kappa shape index (κ2) is 11.9. The molecule has 10 nitrogen and oxygen atoms in total. The van der Waals surface area contributed by atoms with Gasteiger partial charge in [-0.15, -0.1) is 0 Å². The van der Waals surface area contributed by atoms with Crippen molar-refractivity contribution in [1.82, 2.24) is 24.5 Å². The highest BCUT2D eigenvalue weighted by molar-refractivity contribution is 7.85. The maximum atomic E-state index is 14.6. The Hall–Kier alpha value is -4.55. The first-order valence-electron chi connectivity index (χ1n) is 12.6. The lowest BCUT2D eigenvalue weighted by Gasteiger charge is -2.12. The van der Waals surface area contributed by atoms with Crippen LogP contribution in [0, 0.1) is 26.6 Å². The molecule has 0 aliphatic heterocycles. The number of hydrogen-bond acceptors (Lipinski definition) is 8. The fourth-order valence-electron chi connectivity index (χ4n) is 4.23. The molecule has 5 rings (SSSR count). The summed E-state index contributed by atoms with van der Waals surface area (Å²) >= 11 is 0. The first kappa shape index (κ1) is 29.4. The highest BCUT2D eigenvalue weighted by Crippen LogP contribution is 2.28. The van der Waals surface area contributed by atoms with Crippen LogP contribution in [0.2, 0.25) is 0 Å². The molecular formula is C29H29FN6O4S. The number of anilines is 2. The van der Waals surface area contributed by atoms with Gasteiger partial charge in [0.2, 0.25) is 5.95 Å². The summed E-state index contributed by atoms with van der Waals surface area (Å²) in [4.78, 5) is 28.2. The molecule has 0 radical (unpaired) electrons. The summed E-state index contributed by atoms with van der Waals surface area (Å²) in [6.07, 6.45) is 1.88. The van der Waals surface area contributed by atoms with Crippen LogP contribution in [0.25, 0.3) is 22.3 Å². The van der Waals surface area contributed by atoms with Gasteiger partial charge in [-0.2, -0.15) is 8.42 Å². The molecule has 2 aromatic carbocycles. The van der Waals surface area contributed by atoms with Gasteiger partial charge >= 0.3 is 0 Å². The van der Waals surface area contributed by atoms with E-state index in [1.54, 1.807) is 37.3 Å². The van der Waals surface area contributed by atoms with E-state index in [0.29, 0.717) is 22.6 Å². The molecule has 0 aliphatic rings. The zero-order valence-corrected chi connectivity index (χ0v) is 23.9. The molecule has 0 atom stereocenters. The Morgan fingerprint density at radius 3 is 2.29 bits per heavy atom. The summed E-state index contributed by atoms with van der Waals surface area (Å²) in [7, 11) is -4.02. The third-order valence-corrected chi connectivity index (χ3v) is 7.08. The Morgan fingerprint density at radius 2 is 1.68 bits per heavy atom. The molecule has 0 saturated carbocycles. The van der Waals surface area contributed by atoms with Crippen LogP contribution in [-0.2, 0) is 10.1 Å². The topological polar surface area (TPSA) is 140 Å². The highest BCUT2D eigenvalue weighted by atomic mass is 32.2. The van der Waals surface area contributed by atoms with Gasteiger partial charge in [0.15, 0.2) is 12.1 Å². The molecule has 5 aromatic rings. The summed E-state index contributed by atoms with van der Waals surface area (Å²) in [5.74, 6) is 1.07. The average Bonchev–Trinajstić information content (AvgIpc) is 3.25. The van der Waals surface area contributed by atoms with Crippen LogP contribution in [0.5, 0.6) is 0 Å². The van der Waals surface area contributed by atoms with Gasteiger partial charge in [0.05, 0.1) is 27.8 Å². The predicted octanol–water partition coefficient (Wildman–Crippen LogP) is 6.02. The van der Waals surface area contributed by atoms with Crippen molar-refractivity contribution < 1.29 is 22.2 Å². The molecule has 2 N–H and O–H groups in total. The summed E-state index contributed by atoms with van der Waals surface area (Å²) in [5, 5.41) is 2.97. The standard InChI is InChI=1S/C22H21FN6O.C7H8O3S/c1-12(2)29-14(4)26-18-7-5-15(9-19(18)29)21-17(23)10-24-22(28-21)27-20-8-6-16(11-30)13(3)25-20;1-6-2-4-7(5-3-6)11(8,9)10/h5-12H,1-4H3,(H,24,25,27,28);2-5H,1H3,(H,8,9,10). The van der Waals surface area contributed by atoms with Crippen molar-refractivity contribution in [3.05, 3.63) is 89.3 Å². The third-order valence-electron chi connectivity index (χ3n) is 6.21. The minimum absolute atomic E-state index is 0.0666. The van der Waals surface area contributed by atoms with E-state index in [0.717, 1.165) is 34.9 Å². The molecule has 12 heteroatoms. The summed E-state index contributed by atoms with van der Waals surface area (Å²) in [6, 6.07) is 15.1. The average molecular weight is 577 g/mol. The van der Waals surface area contributed by atoms with E-state index in [-0.39, 0.29) is 22.6 Å². The van der Waals surface area contributed by atoms with Gasteiger partial charge in [0, 0.05) is 17.2 Å². The number of halogens is 1. The van der Waals surface area contributed by atoms with Crippen LogP contribution >= 0.6 is 0 Å². The molecule has 41 heavy (non-hydrogen) atoms. The van der Waals surface area contributed by atoms with Crippen LogP contribution in [0.15, 0.2) is 65.7 Å². The van der Waals surface area contributed by atoms with Crippen molar-refractivity contribution >= 4 is 39.2 Å². The Kier molecular flexibility index (Phi) is 8.55. The van der Waals surface area contributed by atoms with Crippen molar-refractivity contribution in [1.29, 1.82) is 0 Å². The quantitative estimate of drug-likeness (QED) is 0.183. The largest absolute Gasteiger partial charge is 0.326 e. The van der Waals surface area contributed by atoms with Crippen LogP contribution in [0.1, 0.15) is 47.3 Å². The van der Waals surface area contributed by atoms with E-state index in [9.17, 15) is 17.6 Å². The van der Waals surface area contributed by atoms with E-state index in [1.165, 1.54) is 12.1 Å². The van der Waals surface area contributed by atoms with E-state index in [4.69, 9.17) is 4.55 Å². The summed E-state index contributed by atoms with van der Waals surface area (Å²) < 4.78 is 46.3. The fraction of sp³-hybridized carbons (Fsp3) is 0.207. The molecule has 0 amide bonds. The fourth-order valence-corrected chi connectivity index (χ4v) is 4.71. The Balaban J connectivity index is 0.000000296. The van der Waals surface area contributed by atoms with E-state index >= 15 is 0 Å². The molecule has 0 aliphatic carbocycles. The number of aldehydes is 1. The van der Waals surface area contributed by atoms with E-state index in [1.807, 2.05) is 26.0 Å². The van der Waals surface area contributed by atoms with Crippen molar-refractivity contribution in [2.75, 3.05) is 5.32 Å². The van der Waals surface area contributed by atoms with Gasteiger partial charge < -0.3 is 9.88 Å². The van der Waals surface area contributed by atoms with E-state index < -0.39 is 15.9 Å². The van der Waals surface area contributed by atoms with Crippen molar-refractivity contribution in [2.24, 2.45) is 0 Å². The number of carbonyl (C=O) groups is 1. The maximum absolute atomic E-state index is 14.6. The lowest BCUT2D eigenvalue weighted by atomic mass is 10.1. The minimum Gasteiger partial charge on any atom is -0.326 e. The van der Waals surface area contributed by atoms with Gasteiger partial charge in [0.25, 0.3) is 10.1 Å². The summed E-state index contributed by atoms with van der Waals surface area (Å²) in [5.41, 5.74) is 4.64. The highest BCUT2D eigenvalue weighted by Gasteiger charge is 2.15. The number of hydrogen-bond donors (Lipinski definition) is 2. The number of pyridine rings is 1. The smallest absolute Gasteiger partial charge is 0.294 e. The Morgan fingerprint density at radius 1 is 0.976 bits per heavy atom. The van der Waals surface area contributed by atoms with Gasteiger partial charge in [-0.1, -0.05) is 23.8 Å². The molecule has 0 bridgehead atoms. The zero-order valence-electron chi connectivity index (χ0n) is 23.1. The zero-order chi connectivity index (χ0) is 29.9. The van der Waals surface area contributed by atoms with E-state index in [2.05, 4.69) is 43.7 Å². The number of fused-ring (bicyclic) bond motifs is 1. The Bertz CT molecular complexity index is 1840. The van der Waals surface area contributed by atoms with Crippen LogP contribution in [0.3, 0.4) is 0 Å². The second-order valence-electron chi connectivity index (χ2n) is 9.62. The van der Waals surface area contributed by atoms with Crippen molar-refractivity contribution in [3.63, 3.8) is 0 Å². The number of aromatic nitrogens is 5. The lowest BCUT2D eigenvalue weighted by molar-refractivity contribution is 0.112. The van der Waals surface area contributed by atoms with Crippen LogP contribution in [0.4, 0.5) is 16.2 Å². The molecule has 3 heterocycles. The molecule has 0 saturated heterocycles. The minimum atomic E-state index is -4.02. The number of nitrogens with zero attached hydrogens (tertiary/aromatic N) is 5. The number of aryl methyl sites for hydroxylation is 3. The molecule has 0 fully saturated rings. The number of benzene rings is 2. The first-order chi connectivity index (χ1) is 19.4. The molecule has 0 unspecified atom stereocenters. The van der Waals surface area contributed by atoms with Crippen LogP contribution in [-0.4, -0.2) is 43.8 Å². The summed E-state index contributed by atoms with van der Waals surface area (Å²) in [6.45, 7) is 9.70. The van der Waals surface area contributed by atoms with Gasteiger partial charge in [-0.05, 0) is 71.0 Å². The molecule has 212 valence electrons. The normalized spacial score (nSPS) is 11.3. The number of carbonyl (C=O) groups excluding carboxylic acids is 1. The maximum Gasteiger partial charge on any atom is 0.294 e. The van der Waals surface area contributed by atoms with Crippen LogP contribution < -0.4 is 5.32 Å². The van der Waals surface area contributed by atoms with Gasteiger partial charge in [-0.25, -0.2) is 24.3 Å². The first-order valence-corrected chi connectivity index (χ1v) is 14.1. The number of nitrogens with one attached hydrogen (secondary N) is 1. The second-order valence-corrected chi connectivity index (χ2v) is 11.0. The monoisotopic (exact) mass is 576 g/mol. The Labute approximate surface area is 237 Å². The lowest BCUT2D eigenvalue weighted by Crippen LogP contribution is -2.04. The SMILES string of the molecule is Cc1ccc(S(=O)(=O)O)cc1.Cc1nc(Nc2ncc(F)c(-c3ccc4nc(C)n(C(C)C)c4c3)n2)ccc1C=O.